The van der Waals surface area contributed by atoms with E-state index >= 15 is 0 Å². The Balaban J connectivity index is 2.30. The molecule has 76 valence electrons. The van der Waals surface area contributed by atoms with Crippen molar-refractivity contribution in [3.05, 3.63) is 35.9 Å². The maximum atomic E-state index is 6.47. The molecule has 2 N–H and O–H groups in total. The maximum absolute atomic E-state index is 6.47. The second-order valence-corrected chi connectivity index (χ2v) is 4.50. The van der Waals surface area contributed by atoms with Crippen LogP contribution in [0.4, 0.5) is 0 Å². The molecule has 0 spiro atoms. The lowest BCUT2D eigenvalue weighted by molar-refractivity contribution is 0.392. The van der Waals surface area contributed by atoms with Crippen LogP contribution in [0.25, 0.3) is 0 Å². The third-order valence-electron chi connectivity index (χ3n) is 4.08. The van der Waals surface area contributed by atoms with Gasteiger partial charge in [-0.1, -0.05) is 44.2 Å². The van der Waals surface area contributed by atoms with E-state index in [0.29, 0.717) is 5.41 Å². The third kappa shape index (κ3) is 1.12. The predicted molar refractivity (Wildman–Crippen MR) is 59.9 cm³/mol. The number of hydrogen-bond donors (Lipinski definition) is 1. The molecule has 14 heavy (non-hydrogen) atoms. The highest BCUT2D eigenvalue weighted by atomic mass is 14.9. The molecule has 0 radical (unpaired) electrons. The molecule has 1 saturated carbocycles. The van der Waals surface area contributed by atoms with Crippen LogP contribution in [0.3, 0.4) is 0 Å². The van der Waals surface area contributed by atoms with Gasteiger partial charge in [0.25, 0.3) is 0 Å². The van der Waals surface area contributed by atoms with Gasteiger partial charge in [0, 0.05) is 5.54 Å². The summed E-state index contributed by atoms with van der Waals surface area (Å²) in [4.78, 5) is 0. The van der Waals surface area contributed by atoms with Crippen molar-refractivity contribution in [1.82, 2.24) is 0 Å². The molecule has 1 fully saturated rings. The Labute approximate surface area is 86.3 Å². The van der Waals surface area contributed by atoms with E-state index in [-0.39, 0.29) is 5.54 Å². The highest BCUT2D eigenvalue weighted by Gasteiger charge is 2.63. The Bertz CT molecular complexity index is 313. The molecule has 0 amide bonds. The molecule has 0 aromatic heterocycles. The summed E-state index contributed by atoms with van der Waals surface area (Å²) < 4.78 is 0. The van der Waals surface area contributed by atoms with Crippen LogP contribution in [0, 0.1) is 5.41 Å². The van der Waals surface area contributed by atoms with Gasteiger partial charge < -0.3 is 5.73 Å². The Hall–Kier alpha value is -0.820. The van der Waals surface area contributed by atoms with Crippen molar-refractivity contribution >= 4 is 0 Å². The van der Waals surface area contributed by atoms with Gasteiger partial charge in [0.15, 0.2) is 0 Å². The number of hydrogen-bond acceptors (Lipinski definition) is 1. The van der Waals surface area contributed by atoms with Crippen LogP contribution in [-0.4, -0.2) is 0 Å². The zero-order valence-electron chi connectivity index (χ0n) is 9.09. The first-order chi connectivity index (χ1) is 6.68. The van der Waals surface area contributed by atoms with Gasteiger partial charge in [-0.05, 0) is 30.2 Å². The average molecular weight is 189 g/mol. The maximum Gasteiger partial charge on any atom is 0.0473 e. The lowest BCUT2D eigenvalue weighted by Gasteiger charge is -2.20. The molecule has 1 heteroatoms. The van der Waals surface area contributed by atoms with Crippen molar-refractivity contribution in [2.45, 2.75) is 38.6 Å². The summed E-state index contributed by atoms with van der Waals surface area (Å²) in [7, 11) is 0. The Morgan fingerprint density at radius 3 is 2.14 bits per heavy atom. The lowest BCUT2D eigenvalue weighted by Crippen LogP contribution is -2.27. The second-order valence-electron chi connectivity index (χ2n) is 4.50. The van der Waals surface area contributed by atoms with E-state index in [0.717, 1.165) is 6.42 Å². The molecule has 1 aromatic carbocycles. The minimum Gasteiger partial charge on any atom is -0.321 e. The molecular formula is C13H19N. The van der Waals surface area contributed by atoms with Gasteiger partial charge in [0.1, 0.15) is 0 Å². The van der Waals surface area contributed by atoms with Crippen LogP contribution >= 0.6 is 0 Å². The first-order valence-electron chi connectivity index (χ1n) is 5.53. The summed E-state index contributed by atoms with van der Waals surface area (Å²) >= 11 is 0. The van der Waals surface area contributed by atoms with E-state index in [1.807, 2.05) is 0 Å². The normalized spacial score (nSPS) is 28.8. The predicted octanol–water partition coefficient (Wildman–Crippen LogP) is 3.05. The van der Waals surface area contributed by atoms with E-state index in [2.05, 4.69) is 44.2 Å². The zero-order chi connectivity index (χ0) is 10.2. The first kappa shape index (κ1) is 9.72. The van der Waals surface area contributed by atoms with Gasteiger partial charge in [-0.25, -0.2) is 0 Å². The summed E-state index contributed by atoms with van der Waals surface area (Å²) in [6, 6.07) is 10.5. The van der Waals surface area contributed by atoms with Crippen molar-refractivity contribution < 1.29 is 0 Å². The Morgan fingerprint density at radius 1 is 1.14 bits per heavy atom. The van der Waals surface area contributed by atoms with E-state index < -0.39 is 0 Å². The molecule has 0 heterocycles. The van der Waals surface area contributed by atoms with Crippen molar-refractivity contribution in [3.63, 3.8) is 0 Å². The summed E-state index contributed by atoms with van der Waals surface area (Å²) in [5, 5.41) is 0. The fraction of sp³-hybridized carbons (Fsp3) is 0.538. The van der Waals surface area contributed by atoms with E-state index in [1.165, 1.54) is 18.4 Å². The molecule has 1 aromatic rings. The van der Waals surface area contributed by atoms with Crippen molar-refractivity contribution in [2.75, 3.05) is 0 Å². The molecule has 1 aliphatic carbocycles. The molecule has 0 aliphatic heterocycles. The van der Waals surface area contributed by atoms with E-state index in [9.17, 15) is 0 Å². The van der Waals surface area contributed by atoms with Gasteiger partial charge in [-0.2, -0.15) is 0 Å². The van der Waals surface area contributed by atoms with Crippen LogP contribution < -0.4 is 5.73 Å². The van der Waals surface area contributed by atoms with Gasteiger partial charge in [-0.15, -0.1) is 0 Å². The van der Waals surface area contributed by atoms with Gasteiger partial charge in [0.05, 0.1) is 0 Å². The smallest absolute Gasteiger partial charge is 0.0473 e. The Kier molecular flexibility index (Phi) is 2.15. The highest BCUT2D eigenvalue weighted by molar-refractivity contribution is 5.35. The number of rotatable bonds is 3. The largest absolute Gasteiger partial charge is 0.321 e. The van der Waals surface area contributed by atoms with Crippen molar-refractivity contribution in [1.29, 1.82) is 0 Å². The highest BCUT2D eigenvalue weighted by Crippen LogP contribution is 2.64. The summed E-state index contributed by atoms with van der Waals surface area (Å²) in [5.41, 5.74) is 8.10. The fourth-order valence-electron chi connectivity index (χ4n) is 2.76. The van der Waals surface area contributed by atoms with Gasteiger partial charge >= 0.3 is 0 Å². The second kappa shape index (κ2) is 3.09. The molecule has 1 aliphatic rings. The topological polar surface area (TPSA) is 26.0 Å². The van der Waals surface area contributed by atoms with Gasteiger partial charge in [-0.3, -0.25) is 0 Å². The Morgan fingerprint density at radius 2 is 1.71 bits per heavy atom. The van der Waals surface area contributed by atoms with Crippen molar-refractivity contribution in [3.8, 4) is 0 Å². The van der Waals surface area contributed by atoms with Crippen LogP contribution in [0.5, 0.6) is 0 Å². The lowest BCUT2D eigenvalue weighted by atomic mass is 9.89. The molecule has 1 nitrogen and oxygen atoms in total. The fourth-order valence-corrected chi connectivity index (χ4v) is 2.76. The molecule has 0 unspecified atom stereocenters. The SMILES string of the molecule is CCC1(CC)C[C@@]1(N)c1ccccc1. The van der Waals surface area contributed by atoms with Crippen LogP contribution in [-0.2, 0) is 5.54 Å². The van der Waals surface area contributed by atoms with Crippen molar-refractivity contribution in [2.24, 2.45) is 11.1 Å². The minimum atomic E-state index is -0.0439. The minimum absolute atomic E-state index is 0.0439. The van der Waals surface area contributed by atoms with Crippen LogP contribution in [0.15, 0.2) is 30.3 Å². The monoisotopic (exact) mass is 189 g/mol. The van der Waals surface area contributed by atoms with E-state index in [4.69, 9.17) is 5.73 Å². The molecule has 0 bridgehead atoms. The number of nitrogens with two attached hydrogens (primary N) is 1. The molecule has 1 atom stereocenters. The molecule has 2 rings (SSSR count). The zero-order valence-corrected chi connectivity index (χ0v) is 9.09. The molecule has 0 saturated heterocycles. The third-order valence-corrected chi connectivity index (χ3v) is 4.08. The van der Waals surface area contributed by atoms with Gasteiger partial charge in [0.2, 0.25) is 0 Å². The van der Waals surface area contributed by atoms with Crippen LogP contribution in [0.1, 0.15) is 38.7 Å². The summed E-state index contributed by atoms with van der Waals surface area (Å²) in [5.74, 6) is 0. The summed E-state index contributed by atoms with van der Waals surface area (Å²) in [6.07, 6.45) is 3.53. The first-order valence-corrected chi connectivity index (χ1v) is 5.53. The standard InChI is InChI=1S/C13H19N/c1-3-12(4-2)10-13(12,14)11-8-6-5-7-9-11/h5-9H,3-4,10,14H2,1-2H3/t13-/m1/s1. The summed E-state index contributed by atoms with van der Waals surface area (Å²) in [6.45, 7) is 4.50. The van der Waals surface area contributed by atoms with Crippen LogP contribution in [0.2, 0.25) is 0 Å². The average Bonchev–Trinajstić information content (AvgIpc) is 2.88. The molecular weight excluding hydrogens is 170 g/mol. The quantitative estimate of drug-likeness (QED) is 0.777. The number of benzene rings is 1. The van der Waals surface area contributed by atoms with E-state index in [1.54, 1.807) is 0 Å².